The minimum atomic E-state index is -0.423. The number of halogens is 3. The molecule has 19 heavy (non-hydrogen) atoms. The van der Waals surface area contributed by atoms with E-state index in [4.69, 9.17) is 0 Å². The Morgan fingerprint density at radius 3 is 2.16 bits per heavy atom. The molecular weight excluding hydrogens is 312 g/mol. The molecule has 0 amide bonds. The SMILES string of the molecule is CC(C)(C)NCCC(C)(C)c1cc(F)c(Br)cc1F. The average Bonchev–Trinajstić information content (AvgIpc) is 2.20. The van der Waals surface area contributed by atoms with Crippen molar-refractivity contribution in [3.63, 3.8) is 0 Å². The molecule has 0 aliphatic carbocycles. The molecule has 0 bridgehead atoms. The topological polar surface area (TPSA) is 12.0 Å². The summed E-state index contributed by atoms with van der Waals surface area (Å²) >= 11 is 3.00. The molecule has 0 fully saturated rings. The van der Waals surface area contributed by atoms with E-state index in [2.05, 4.69) is 42.0 Å². The largest absolute Gasteiger partial charge is 0.312 e. The van der Waals surface area contributed by atoms with E-state index in [0.717, 1.165) is 13.0 Å². The Balaban J connectivity index is 2.85. The smallest absolute Gasteiger partial charge is 0.137 e. The highest BCUT2D eigenvalue weighted by Crippen LogP contribution is 2.32. The van der Waals surface area contributed by atoms with Gasteiger partial charge in [-0.3, -0.25) is 0 Å². The second-order valence-corrected chi connectivity index (χ2v) is 7.41. The molecule has 108 valence electrons. The zero-order valence-electron chi connectivity index (χ0n) is 12.2. The van der Waals surface area contributed by atoms with Gasteiger partial charge in [0.15, 0.2) is 0 Å². The maximum atomic E-state index is 14.0. The van der Waals surface area contributed by atoms with Gasteiger partial charge in [0, 0.05) is 5.54 Å². The van der Waals surface area contributed by atoms with Crippen molar-refractivity contribution in [3.05, 3.63) is 33.8 Å². The summed E-state index contributed by atoms with van der Waals surface area (Å²) < 4.78 is 27.7. The first-order chi connectivity index (χ1) is 8.53. The Morgan fingerprint density at radius 2 is 1.63 bits per heavy atom. The van der Waals surface area contributed by atoms with E-state index in [1.165, 1.54) is 12.1 Å². The van der Waals surface area contributed by atoms with Gasteiger partial charge in [-0.25, -0.2) is 8.78 Å². The summed E-state index contributed by atoms with van der Waals surface area (Å²) in [6.45, 7) is 10.9. The monoisotopic (exact) mass is 333 g/mol. The molecule has 0 aromatic heterocycles. The van der Waals surface area contributed by atoms with E-state index in [1.54, 1.807) is 0 Å². The van der Waals surface area contributed by atoms with Gasteiger partial charge in [-0.2, -0.15) is 0 Å². The molecule has 0 radical (unpaired) electrons. The number of hydrogen-bond donors (Lipinski definition) is 1. The van der Waals surface area contributed by atoms with E-state index in [0.29, 0.717) is 5.56 Å². The van der Waals surface area contributed by atoms with E-state index in [-0.39, 0.29) is 15.8 Å². The first-order valence-corrected chi connectivity index (χ1v) is 7.22. The highest BCUT2D eigenvalue weighted by atomic mass is 79.9. The molecule has 0 heterocycles. The second kappa shape index (κ2) is 5.88. The maximum absolute atomic E-state index is 14.0. The summed E-state index contributed by atoms with van der Waals surface area (Å²) in [5.41, 5.74) is 0.0348. The van der Waals surface area contributed by atoms with Crippen LogP contribution in [0.25, 0.3) is 0 Å². The summed E-state index contributed by atoms with van der Waals surface area (Å²) in [6.07, 6.45) is 0.738. The third-order valence-electron chi connectivity index (χ3n) is 3.14. The Morgan fingerprint density at radius 1 is 1.05 bits per heavy atom. The van der Waals surface area contributed by atoms with E-state index in [1.807, 2.05) is 13.8 Å². The molecule has 1 nitrogen and oxygen atoms in total. The molecule has 0 aliphatic heterocycles. The molecule has 4 heteroatoms. The number of nitrogens with one attached hydrogen (secondary N) is 1. The summed E-state index contributed by atoms with van der Waals surface area (Å²) in [7, 11) is 0. The van der Waals surface area contributed by atoms with Gasteiger partial charge in [0.1, 0.15) is 11.6 Å². The molecule has 1 rings (SSSR count). The highest BCUT2D eigenvalue weighted by molar-refractivity contribution is 9.10. The van der Waals surface area contributed by atoms with Gasteiger partial charge in [0.2, 0.25) is 0 Å². The average molecular weight is 334 g/mol. The summed E-state index contributed by atoms with van der Waals surface area (Å²) in [5.74, 6) is -0.790. The van der Waals surface area contributed by atoms with Crippen molar-refractivity contribution in [1.29, 1.82) is 0 Å². The minimum Gasteiger partial charge on any atom is -0.312 e. The summed E-state index contributed by atoms with van der Waals surface area (Å²) in [5, 5.41) is 3.37. The van der Waals surface area contributed by atoms with Crippen molar-refractivity contribution in [2.45, 2.75) is 52.0 Å². The number of rotatable bonds is 4. The fourth-order valence-corrected chi connectivity index (χ4v) is 2.24. The van der Waals surface area contributed by atoms with Crippen LogP contribution in [0.15, 0.2) is 16.6 Å². The molecule has 1 N–H and O–H groups in total. The lowest BCUT2D eigenvalue weighted by Gasteiger charge is -2.29. The van der Waals surface area contributed by atoms with Crippen LogP contribution in [-0.4, -0.2) is 12.1 Å². The van der Waals surface area contributed by atoms with Crippen LogP contribution in [-0.2, 0) is 5.41 Å². The third-order valence-corrected chi connectivity index (χ3v) is 3.75. The first-order valence-electron chi connectivity index (χ1n) is 6.43. The normalized spacial score (nSPS) is 12.8. The van der Waals surface area contributed by atoms with Crippen LogP contribution in [0.4, 0.5) is 8.78 Å². The maximum Gasteiger partial charge on any atom is 0.137 e. The standard InChI is InChI=1S/C15H22BrF2N/c1-14(2,3)19-7-6-15(4,5)10-8-13(18)11(16)9-12(10)17/h8-9,19H,6-7H2,1-5H3. The minimum absolute atomic E-state index is 0.0274. The summed E-state index contributed by atoms with van der Waals surface area (Å²) in [6, 6.07) is 2.49. The molecule has 1 aromatic carbocycles. The van der Waals surface area contributed by atoms with Gasteiger partial charge in [-0.05, 0) is 72.8 Å². The van der Waals surface area contributed by atoms with E-state index >= 15 is 0 Å². The van der Waals surface area contributed by atoms with Gasteiger partial charge in [-0.1, -0.05) is 13.8 Å². The van der Waals surface area contributed by atoms with Crippen LogP contribution < -0.4 is 5.32 Å². The zero-order chi connectivity index (χ0) is 14.8. The Hall–Kier alpha value is -0.480. The van der Waals surface area contributed by atoms with Crippen molar-refractivity contribution in [2.24, 2.45) is 0 Å². The molecule has 1 aromatic rings. The number of benzene rings is 1. The van der Waals surface area contributed by atoms with E-state index < -0.39 is 11.2 Å². The lowest BCUT2D eigenvalue weighted by molar-refractivity contribution is 0.371. The van der Waals surface area contributed by atoms with Gasteiger partial charge in [0.05, 0.1) is 4.47 Å². The van der Waals surface area contributed by atoms with Crippen molar-refractivity contribution in [1.82, 2.24) is 5.32 Å². The van der Waals surface area contributed by atoms with Crippen LogP contribution in [0.5, 0.6) is 0 Å². The first kappa shape index (κ1) is 16.6. The predicted molar refractivity (Wildman–Crippen MR) is 79.5 cm³/mol. The number of hydrogen-bond acceptors (Lipinski definition) is 1. The van der Waals surface area contributed by atoms with Crippen LogP contribution in [0.3, 0.4) is 0 Å². The fourth-order valence-electron chi connectivity index (χ4n) is 1.93. The molecule has 0 aliphatic rings. The molecule has 0 saturated carbocycles. The lowest BCUT2D eigenvalue weighted by atomic mass is 9.81. The zero-order valence-corrected chi connectivity index (χ0v) is 13.8. The van der Waals surface area contributed by atoms with Crippen LogP contribution >= 0.6 is 15.9 Å². The second-order valence-electron chi connectivity index (χ2n) is 6.56. The molecule has 0 spiro atoms. The third kappa shape index (κ3) is 4.84. The Labute approximate surface area is 122 Å². The van der Waals surface area contributed by atoms with E-state index in [9.17, 15) is 8.78 Å². The Bertz CT molecular complexity index is 450. The fraction of sp³-hybridized carbons (Fsp3) is 0.600. The van der Waals surface area contributed by atoms with Crippen molar-refractivity contribution in [2.75, 3.05) is 6.54 Å². The molecule has 0 unspecified atom stereocenters. The van der Waals surface area contributed by atoms with Crippen molar-refractivity contribution in [3.8, 4) is 0 Å². The van der Waals surface area contributed by atoms with Crippen molar-refractivity contribution >= 4 is 15.9 Å². The van der Waals surface area contributed by atoms with Gasteiger partial charge >= 0.3 is 0 Å². The molecular formula is C15H22BrF2N. The quantitative estimate of drug-likeness (QED) is 0.781. The highest BCUT2D eigenvalue weighted by Gasteiger charge is 2.26. The van der Waals surface area contributed by atoms with Crippen LogP contribution in [0.1, 0.15) is 46.6 Å². The molecule has 0 atom stereocenters. The Kier molecular flexibility index (Phi) is 5.13. The predicted octanol–water partition coefficient (Wildman–Crippen LogP) is 4.78. The van der Waals surface area contributed by atoms with Crippen LogP contribution in [0, 0.1) is 11.6 Å². The van der Waals surface area contributed by atoms with Gasteiger partial charge in [-0.15, -0.1) is 0 Å². The van der Waals surface area contributed by atoms with Crippen LogP contribution in [0.2, 0.25) is 0 Å². The van der Waals surface area contributed by atoms with Gasteiger partial charge < -0.3 is 5.32 Å². The van der Waals surface area contributed by atoms with Gasteiger partial charge in [0.25, 0.3) is 0 Å². The molecule has 0 saturated heterocycles. The van der Waals surface area contributed by atoms with Crippen molar-refractivity contribution < 1.29 is 8.78 Å². The summed E-state index contributed by atoms with van der Waals surface area (Å²) in [4.78, 5) is 0. The lowest BCUT2D eigenvalue weighted by Crippen LogP contribution is -2.38.